The molecule has 0 aliphatic carbocycles. The van der Waals surface area contributed by atoms with E-state index in [9.17, 15) is 4.79 Å². The van der Waals surface area contributed by atoms with E-state index in [-0.39, 0.29) is 12.5 Å². The number of hydrogen-bond acceptors (Lipinski definition) is 6. The third-order valence-electron chi connectivity index (χ3n) is 5.93. The molecule has 0 spiro atoms. The number of para-hydroxylation sites is 2. The molecule has 0 N–H and O–H groups in total. The van der Waals surface area contributed by atoms with Crippen molar-refractivity contribution in [3.63, 3.8) is 0 Å². The Bertz CT molecular complexity index is 1250. The molecule has 3 aromatic carbocycles. The smallest absolute Gasteiger partial charge is 0.264 e. The number of nitrogens with zero attached hydrogens (tertiary/aromatic N) is 4. The van der Waals surface area contributed by atoms with E-state index in [4.69, 9.17) is 9.26 Å². The fourth-order valence-electron chi connectivity index (χ4n) is 4.02. The maximum absolute atomic E-state index is 13.3. The van der Waals surface area contributed by atoms with E-state index in [0.717, 1.165) is 18.7 Å². The monoisotopic (exact) mass is 454 g/mol. The molecule has 1 fully saturated rings. The van der Waals surface area contributed by atoms with Gasteiger partial charge < -0.3 is 19.1 Å². The summed E-state index contributed by atoms with van der Waals surface area (Å²) >= 11 is 0. The minimum absolute atomic E-state index is 0.0332. The summed E-state index contributed by atoms with van der Waals surface area (Å²) < 4.78 is 11.3. The Balaban J connectivity index is 1.23. The zero-order valence-electron chi connectivity index (χ0n) is 19.1. The lowest BCUT2D eigenvalue weighted by Crippen LogP contribution is -2.48. The standard InChI is InChI=1S/C27H26N4O3/c1-20-11-13-21(14-12-20)26-28-25(34-29-26)19-33-24-10-6-5-9-23(24)27(32)31-17-15-30(16-18-31)22-7-3-2-4-8-22/h2-14H,15-19H2,1H3. The first-order valence-corrected chi connectivity index (χ1v) is 11.4. The average molecular weight is 455 g/mol. The molecule has 1 aromatic heterocycles. The Morgan fingerprint density at radius 2 is 1.62 bits per heavy atom. The molecule has 0 unspecified atom stereocenters. The summed E-state index contributed by atoms with van der Waals surface area (Å²) in [5.41, 5.74) is 3.77. The number of piperazine rings is 1. The van der Waals surface area contributed by atoms with Gasteiger partial charge in [0.05, 0.1) is 5.56 Å². The molecule has 0 bridgehead atoms. The molecule has 7 nitrogen and oxygen atoms in total. The summed E-state index contributed by atoms with van der Waals surface area (Å²) in [5, 5.41) is 4.05. The van der Waals surface area contributed by atoms with Gasteiger partial charge in [0.25, 0.3) is 11.8 Å². The number of aromatic nitrogens is 2. The van der Waals surface area contributed by atoms with Crippen molar-refractivity contribution in [1.82, 2.24) is 15.0 Å². The molecule has 5 rings (SSSR count). The highest BCUT2D eigenvalue weighted by molar-refractivity contribution is 5.97. The van der Waals surface area contributed by atoms with Gasteiger partial charge in [-0.1, -0.05) is 65.3 Å². The zero-order valence-corrected chi connectivity index (χ0v) is 19.1. The van der Waals surface area contributed by atoms with Gasteiger partial charge in [-0.15, -0.1) is 0 Å². The van der Waals surface area contributed by atoms with E-state index in [1.807, 2.05) is 66.4 Å². The highest BCUT2D eigenvalue weighted by Gasteiger charge is 2.24. The summed E-state index contributed by atoms with van der Waals surface area (Å²) in [7, 11) is 0. The second-order valence-corrected chi connectivity index (χ2v) is 8.28. The molecule has 1 saturated heterocycles. The minimum atomic E-state index is -0.0332. The molecule has 4 aromatic rings. The van der Waals surface area contributed by atoms with Gasteiger partial charge in [-0.05, 0) is 31.2 Å². The van der Waals surface area contributed by atoms with Crippen LogP contribution in [-0.2, 0) is 6.61 Å². The summed E-state index contributed by atoms with van der Waals surface area (Å²) in [5.74, 6) is 1.34. The number of amides is 1. The van der Waals surface area contributed by atoms with E-state index in [2.05, 4.69) is 27.2 Å². The van der Waals surface area contributed by atoms with Crippen LogP contribution in [0.5, 0.6) is 5.75 Å². The average Bonchev–Trinajstić information content (AvgIpc) is 3.37. The first-order valence-electron chi connectivity index (χ1n) is 11.4. The Kier molecular flexibility index (Phi) is 6.25. The lowest BCUT2D eigenvalue weighted by molar-refractivity contribution is 0.0741. The summed E-state index contributed by atoms with van der Waals surface area (Å²) in [6.45, 7) is 5.02. The molecule has 1 aliphatic rings. The van der Waals surface area contributed by atoms with E-state index in [1.165, 1.54) is 11.3 Å². The van der Waals surface area contributed by atoms with Gasteiger partial charge in [-0.3, -0.25) is 4.79 Å². The van der Waals surface area contributed by atoms with Crippen LogP contribution >= 0.6 is 0 Å². The number of anilines is 1. The zero-order chi connectivity index (χ0) is 23.3. The number of hydrogen-bond donors (Lipinski definition) is 0. The Labute approximate surface area is 198 Å². The molecule has 1 amide bonds. The fraction of sp³-hybridized carbons (Fsp3) is 0.222. The van der Waals surface area contributed by atoms with Gasteiger partial charge in [0.15, 0.2) is 6.61 Å². The molecular formula is C27H26N4O3. The number of carbonyl (C=O) groups is 1. The van der Waals surface area contributed by atoms with Gasteiger partial charge >= 0.3 is 0 Å². The maximum Gasteiger partial charge on any atom is 0.264 e. The largest absolute Gasteiger partial charge is 0.483 e. The molecule has 7 heteroatoms. The first-order chi connectivity index (χ1) is 16.7. The molecule has 0 saturated carbocycles. The molecule has 34 heavy (non-hydrogen) atoms. The number of ether oxygens (including phenoxy) is 1. The van der Waals surface area contributed by atoms with Crippen molar-refractivity contribution in [2.45, 2.75) is 13.5 Å². The van der Waals surface area contributed by atoms with Gasteiger partial charge in [0, 0.05) is 37.4 Å². The van der Waals surface area contributed by atoms with Crippen LogP contribution in [0.3, 0.4) is 0 Å². The van der Waals surface area contributed by atoms with Crippen molar-refractivity contribution in [3.8, 4) is 17.1 Å². The third kappa shape index (κ3) is 4.78. The first kappa shape index (κ1) is 21.7. The van der Waals surface area contributed by atoms with Crippen LogP contribution in [0.1, 0.15) is 21.8 Å². The Hall–Kier alpha value is -4.13. The van der Waals surface area contributed by atoms with Crippen LogP contribution in [0, 0.1) is 6.92 Å². The van der Waals surface area contributed by atoms with E-state index in [1.54, 1.807) is 12.1 Å². The Morgan fingerprint density at radius 3 is 2.38 bits per heavy atom. The van der Waals surface area contributed by atoms with Crippen LogP contribution in [0.15, 0.2) is 83.4 Å². The van der Waals surface area contributed by atoms with E-state index >= 15 is 0 Å². The third-order valence-corrected chi connectivity index (χ3v) is 5.93. The van der Waals surface area contributed by atoms with Crippen molar-refractivity contribution in [3.05, 3.63) is 95.9 Å². The quantitative estimate of drug-likeness (QED) is 0.425. The second kappa shape index (κ2) is 9.79. The van der Waals surface area contributed by atoms with Crippen LogP contribution in [-0.4, -0.2) is 47.1 Å². The van der Waals surface area contributed by atoms with Crippen molar-refractivity contribution in [1.29, 1.82) is 0 Å². The van der Waals surface area contributed by atoms with Crippen LogP contribution < -0.4 is 9.64 Å². The summed E-state index contributed by atoms with van der Waals surface area (Å²) in [6.07, 6.45) is 0. The normalized spacial score (nSPS) is 13.7. The SMILES string of the molecule is Cc1ccc(-c2noc(COc3ccccc3C(=O)N3CCN(c4ccccc4)CC3)n2)cc1. The summed E-state index contributed by atoms with van der Waals surface area (Å²) in [6, 6.07) is 25.5. The highest BCUT2D eigenvalue weighted by atomic mass is 16.5. The molecule has 0 atom stereocenters. The molecule has 172 valence electrons. The van der Waals surface area contributed by atoms with Gasteiger partial charge in [-0.2, -0.15) is 4.98 Å². The van der Waals surface area contributed by atoms with Crippen LogP contribution in [0.25, 0.3) is 11.4 Å². The lowest BCUT2D eigenvalue weighted by Gasteiger charge is -2.36. The highest BCUT2D eigenvalue weighted by Crippen LogP contribution is 2.24. The van der Waals surface area contributed by atoms with Crippen LogP contribution in [0.4, 0.5) is 5.69 Å². The number of benzene rings is 3. The van der Waals surface area contributed by atoms with Crippen molar-refractivity contribution < 1.29 is 14.1 Å². The van der Waals surface area contributed by atoms with Crippen LogP contribution in [0.2, 0.25) is 0 Å². The van der Waals surface area contributed by atoms with Gasteiger partial charge in [0.2, 0.25) is 5.82 Å². The predicted octanol–water partition coefficient (Wildman–Crippen LogP) is 4.59. The van der Waals surface area contributed by atoms with Crippen molar-refractivity contribution in [2.24, 2.45) is 0 Å². The predicted molar refractivity (Wildman–Crippen MR) is 130 cm³/mol. The number of aryl methyl sites for hydroxylation is 1. The molecular weight excluding hydrogens is 428 g/mol. The summed E-state index contributed by atoms with van der Waals surface area (Å²) in [4.78, 5) is 21.9. The fourth-order valence-corrected chi connectivity index (χ4v) is 4.02. The molecule has 2 heterocycles. The molecule has 1 aliphatic heterocycles. The van der Waals surface area contributed by atoms with E-state index in [0.29, 0.717) is 36.1 Å². The maximum atomic E-state index is 13.3. The van der Waals surface area contributed by atoms with Gasteiger partial charge in [-0.25, -0.2) is 0 Å². The van der Waals surface area contributed by atoms with Crippen molar-refractivity contribution >= 4 is 11.6 Å². The number of carbonyl (C=O) groups excluding carboxylic acids is 1. The van der Waals surface area contributed by atoms with Gasteiger partial charge in [0.1, 0.15) is 5.75 Å². The second-order valence-electron chi connectivity index (χ2n) is 8.28. The van der Waals surface area contributed by atoms with Crippen molar-refractivity contribution in [2.75, 3.05) is 31.1 Å². The molecule has 0 radical (unpaired) electrons. The Morgan fingerprint density at radius 1 is 0.912 bits per heavy atom. The van der Waals surface area contributed by atoms with E-state index < -0.39 is 0 Å². The lowest BCUT2D eigenvalue weighted by atomic mass is 10.1. The topological polar surface area (TPSA) is 71.7 Å². The minimum Gasteiger partial charge on any atom is -0.483 e. The number of rotatable bonds is 6.